The number of aromatic amines is 1. The summed E-state index contributed by atoms with van der Waals surface area (Å²) in [6, 6.07) is 0.0566. The van der Waals surface area contributed by atoms with E-state index in [0.717, 1.165) is 16.6 Å². The molecular weight excluding hydrogens is 372 g/mol. The Morgan fingerprint density at radius 1 is 1.21 bits per heavy atom. The van der Waals surface area contributed by atoms with E-state index in [1.165, 1.54) is 0 Å². The zero-order chi connectivity index (χ0) is 20.3. The van der Waals surface area contributed by atoms with Crippen molar-refractivity contribution < 1.29 is 13.9 Å². The normalized spacial score (nSPS) is 30.1. The molecule has 28 heavy (non-hydrogen) atoms. The van der Waals surface area contributed by atoms with Crippen LogP contribution in [0, 0.1) is 0 Å². The zero-order valence-corrected chi connectivity index (χ0v) is 18.9. The Hall–Kier alpha value is -1.32. The maximum absolute atomic E-state index is 6.51. The summed E-state index contributed by atoms with van der Waals surface area (Å²) in [5.74, 6) is -0.605. The van der Waals surface area contributed by atoms with Crippen molar-refractivity contribution in [2.45, 2.75) is 82.8 Å². The topological polar surface area (TPSA) is 81.3 Å². The molecule has 0 aliphatic carbocycles. The van der Waals surface area contributed by atoms with Crippen molar-refractivity contribution in [1.29, 1.82) is 0 Å². The first-order valence-corrected chi connectivity index (χ1v) is 12.9. The molecule has 0 radical (unpaired) electrons. The second-order valence-electron chi connectivity index (χ2n) is 9.92. The van der Waals surface area contributed by atoms with E-state index < -0.39 is 14.1 Å². The maximum atomic E-state index is 6.51. The van der Waals surface area contributed by atoms with Crippen LogP contribution in [0.4, 0.5) is 0 Å². The van der Waals surface area contributed by atoms with Crippen molar-refractivity contribution in [3.63, 3.8) is 0 Å². The fourth-order valence-corrected chi connectivity index (χ4v) is 4.89. The maximum Gasteiger partial charge on any atom is 0.192 e. The molecule has 7 nitrogen and oxygen atoms in total. The number of hydrogen-bond acceptors (Lipinski definition) is 6. The summed E-state index contributed by atoms with van der Waals surface area (Å²) in [7, 11) is -1.85. The van der Waals surface area contributed by atoms with Gasteiger partial charge in [0.25, 0.3) is 0 Å². The number of nitrogens with zero attached hydrogens (tertiary/aromatic N) is 2. The largest absolute Gasteiger partial charge is 0.415 e. The van der Waals surface area contributed by atoms with E-state index in [4.69, 9.17) is 13.9 Å². The molecule has 2 fully saturated rings. The van der Waals surface area contributed by atoms with Gasteiger partial charge in [-0.15, -0.1) is 0 Å². The summed E-state index contributed by atoms with van der Waals surface area (Å²) in [4.78, 5) is 11.8. The quantitative estimate of drug-likeness (QED) is 0.759. The standard InChI is InChI=1S/C20H32N4O3Si/c1-19(2,3)28(6,7)25-10-14-17-18(27-20(4,5)26-17)16(24-14)12-8-22-13-9-21-11-23-15(12)13/h8-9,11,14,16-18,22,24H,10H2,1-7H3/t14-,16+,17-,18+/m1/s1. The van der Waals surface area contributed by atoms with Crippen LogP contribution < -0.4 is 5.32 Å². The number of rotatable bonds is 4. The van der Waals surface area contributed by atoms with E-state index in [-0.39, 0.29) is 29.3 Å². The Kier molecular flexibility index (Phi) is 4.71. The molecule has 0 spiro atoms. The Morgan fingerprint density at radius 2 is 1.93 bits per heavy atom. The molecule has 0 bridgehead atoms. The highest BCUT2D eigenvalue weighted by molar-refractivity contribution is 6.74. The van der Waals surface area contributed by atoms with Gasteiger partial charge in [-0.2, -0.15) is 0 Å². The minimum Gasteiger partial charge on any atom is -0.415 e. The first-order chi connectivity index (χ1) is 13.0. The van der Waals surface area contributed by atoms with Gasteiger partial charge in [-0.25, -0.2) is 9.97 Å². The molecule has 154 valence electrons. The monoisotopic (exact) mass is 404 g/mol. The average Bonchev–Trinajstić information content (AvgIpc) is 3.23. The van der Waals surface area contributed by atoms with E-state index in [1.54, 1.807) is 12.5 Å². The van der Waals surface area contributed by atoms with E-state index in [1.807, 2.05) is 20.0 Å². The number of H-pyrrole nitrogens is 1. The van der Waals surface area contributed by atoms with Gasteiger partial charge < -0.3 is 24.2 Å². The van der Waals surface area contributed by atoms with Gasteiger partial charge in [0.15, 0.2) is 14.1 Å². The van der Waals surface area contributed by atoms with Crippen LogP contribution in [0.15, 0.2) is 18.7 Å². The van der Waals surface area contributed by atoms with Gasteiger partial charge in [0.1, 0.15) is 18.5 Å². The molecule has 0 unspecified atom stereocenters. The summed E-state index contributed by atoms with van der Waals surface area (Å²) in [5, 5.41) is 3.89. The second-order valence-corrected chi connectivity index (χ2v) is 14.7. The van der Waals surface area contributed by atoms with E-state index >= 15 is 0 Å². The molecule has 0 saturated carbocycles. The number of hydrogen-bond donors (Lipinski definition) is 2. The van der Waals surface area contributed by atoms with Gasteiger partial charge in [0, 0.05) is 11.8 Å². The number of ether oxygens (including phenoxy) is 2. The van der Waals surface area contributed by atoms with Gasteiger partial charge in [-0.1, -0.05) is 20.8 Å². The molecular formula is C20H32N4O3Si. The van der Waals surface area contributed by atoms with Crippen LogP contribution in [-0.2, 0) is 13.9 Å². The minimum atomic E-state index is -1.85. The van der Waals surface area contributed by atoms with Crippen LogP contribution in [0.5, 0.6) is 0 Å². The molecule has 0 aromatic carbocycles. The van der Waals surface area contributed by atoms with E-state index in [0.29, 0.717) is 6.61 Å². The summed E-state index contributed by atoms with van der Waals surface area (Å²) >= 11 is 0. The molecule has 2 aliphatic heterocycles. The SMILES string of the molecule is CC1(C)O[C@@H]2[C@H](O1)[C@@H](CO[Si](C)(C)C(C)(C)C)N[C@H]2c1c[nH]c2cncnc12. The van der Waals surface area contributed by atoms with E-state index in [2.05, 4.69) is 54.1 Å². The lowest BCUT2D eigenvalue weighted by Crippen LogP contribution is -2.47. The van der Waals surface area contributed by atoms with Crippen LogP contribution in [0.2, 0.25) is 18.1 Å². The highest BCUT2D eigenvalue weighted by Gasteiger charge is 2.55. The third-order valence-corrected chi connectivity index (χ3v) is 10.9. The fourth-order valence-electron chi connectivity index (χ4n) is 3.86. The van der Waals surface area contributed by atoms with Crippen molar-refractivity contribution in [3.8, 4) is 0 Å². The lowest BCUT2D eigenvalue weighted by atomic mass is 10.0. The third-order valence-electron chi connectivity index (χ3n) is 6.42. The number of nitrogens with one attached hydrogen (secondary N) is 2. The van der Waals surface area contributed by atoms with Crippen molar-refractivity contribution in [3.05, 3.63) is 24.3 Å². The van der Waals surface area contributed by atoms with Crippen LogP contribution >= 0.6 is 0 Å². The highest BCUT2D eigenvalue weighted by Crippen LogP contribution is 2.43. The van der Waals surface area contributed by atoms with Gasteiger partial charge >= 0.3 is 0 Å². The van der Waals surface area contributed by atoms with Gasteiger partial charge in [-0.05, 0) is 32.0 Å². The second kappa shape index (κ2) is 6.60. The van der Waals surface area contributed by atoms with Crippen LogP contribution in [-0.4, -0.2) is 53.9 Å². The lowest BCUT2D eigenvalue weighted by Gasteiger charge is -2.37. The Morgan fingerprint density at radius 3 is 2.64 bits per heavy atom. The lowest BCUT2D eigenvalue weighted by molar-refractivity contribution is -0.157. The molecule has 0 amide bonds. The summed E-state index contributed by atoms with van der Waals surface area (Å²) in [5.41, 5.74) is 2.93. The minimum absolute atomic E-state index is 0.0107. The summed E-state index contributed by atoms with van der Waals surface area (Å²) in [6.45, 7) is 15.9. The predicted molar refractivity (Wildman–Crippen MR) is 111 cm³/mol. The molecule has 2 saturated heterocycles. The smallest absolute Gasteiger partial charge is 0.192 e. The molecule has 4 atom stereocenters. The molecule has 2 aromatic heterocycles. The Balaban J connectivity index is 1.60. The van der Waals surface area contributed by atoms with Gasteiger partial charge in [0.05, 0.1) is 35.9 Å². The molecule has 4 heterocycles. The van der Waals surface area contributed by atoms with Crippen LogP contribution in [0.3, 0.4) is 0 Å². The highest BCUT2D eigenvalue weighted by atomic mass is 28.4. The molecule has 2 aliphatic rings. The first kappa shape index (κ1) is 20.0. The van der Waals surface area contributed by atoms with Crippen LogP contribution in [0.1, 0.15) is 46.2 Å². The average molecular weight is 405 g/mol. The Bertz CT molecular complexity index is 860. The molecule has 8 heteroatoms. The van der Waals surface area contributed by atoms with Gasteiger partial charge in [0.2, 0.25) is 0 Å². The van der Waals surface area contributed by atoms with Crippen molar-refractivity contribution in [2.24, 2.45) is 0 Å². The molecule has 4 rings (SSSR count). The molecule has 2 N–H and O–H groups in total. The number of aromatic nitrogens is 3. The van der Waals surface area contributed by atoms with Crippen LogP contribution in [0.25, 0.3) is 11.0 Å². The summed E-state index contributed by atoms with van der Waals surface area (Å²) < 4.78 is 19.1. The van der Waals surface area contributed by atoms with Crippen molar-refractivity contribution in [2.75, 3.05) is 6.61 Å². The van der Waals surface area contributed by atoms with Gasteiger partial charge in [-0.3, -0.25) is 0 Å². The molecule has 2 aromatic rings. The van der Waals surface area contributed by atoms with E-state index in [9.17, 15) is 0 Å². The third kappa shape index (κ3) is 3.41. The Labute approximate surface area is 167 Å². The summed E-state index contributed by atoms with van der Waals surface area (Å²) in [6.07, 6.45) is 5.24. The van der Waals surface area contributed by atoms with Crippen molar-refractivity contribution >= 4 is 19.4 Å². The number of fused-ring (bicyclic) bond motifs is 2. The fraction of sp³-hybridized carbons (Fsp3) is 0.700. The predicted octanol–water partition coefficient (Wildman–Crippen LogP) is 3.51. The van der Waals surface area contributed by atoms with Crippen molar-refractivity contribution in [1.82, 2.24) is 20.3 Å². The zero-order valence-electron chi connectivity index (χ0n) is 17.9. The first-order valence-electron chi connectivity index (χ1n) is 10.0.